The summed E-state index contributed by atoms with van der Waals surface area (Å²) in [6, 6.07) is 4.08. The summed E-state index contributed by atoms with van der Waals surface area (Å²) in [5.41, 5.74) is 0.263. The van der Waals surface area contributed by atoms with Gasteiger partial charge in [-0.1, -0.05) is 13.3 Å². The number of benzene rings is 1. The van der Waals surface area contributed by atoms with Gasteiger partial charge in [0.1, 0.15) is 11.5 Å². The van der Waals surface area contributed by atoms with Crippen molar-refractivity contribution in [2.24, 2.45) is 5.92 Å². The minimum atomic E-state index is -0.157. The first-order chi connectivity index (χ1) is 8.11. The molecular formula is C13H17NO3. The van der Waals surface area contributed by atoms with E-state index in [-0.39, 0.29) is 23.0 Å². The molecule has 0 radical (unpaired) electrons. The van der Waals surface area contributed by atoms with E-state index in [0.717, 1.165) is 25.9 Å². The number of aromatic hydroxyl groups is 2. The average molecular weight is 235 g/mol. The fraction of sp³-hybridized carbons (Fsp3) is 0.462. The highest BCUT2D eigenvalue weighted by Crippen LogP contribution is 2.27. The van der Waals surface area contributed by atoms with E-state index in [1.165, 1.54) is 18.2 Å². The number of nitrogens with zero attached hydrogens (tertiary/aromatic N) is 1. The molecule has 2 rings (SSSR count). The van der Waals surface area contributed by atoms with Gasteiger partial charge in [0.15, 0.2) is 0 Å². The third-order valence-corrected chi connectivity index (χ3v) is 3.36. The maximum absolute atomic E-state index is 12.1. The Morgan fingerprint density at radius 2 is 2.24 bits per heavy atom. The van der Waals surface area contributed by atoms with Crippen LogP contribution >= 0.6 is 0 Å². The second-order valence-corrected chi connectivity index (χ2v) is 4.52. The van der Waals surface area contributed by atoms with Crippen molar-refractivity contribution in [1.82, 2.24) is 4.90 Å². The minimum absolute atomic E-state index is 0.0353. The standard InChI is InChI=1S/C13H17NO3/c1-2-9-5-6-14(8-9)13(17)11-4-3-10(15)7-12(11)16/h3-4,7,9,15-16H,2,5-6,8H2,1H3. The summed E-state index contributed by atoms with van der Waals surface area (Å²) in [6.45, 7) is 3.63. The normalized spacial score (nSPS) is 19.6. The van der Waals surface area contributed by atoms with E-state index in [0.29, 0.717) is 5.92 Å². The van der Waals surface area contributed by atoms with Crippen LogP contribution in [0.4, 0.5) is 0 Å². The molecule has 0 saturated carbocycles. The molecule has 1 aliphatic heterocycles. The molecule has 4 nitrogen and oxygen atoms in total. The van der Waals surface area contributed by atoms with Crippen molar-refractivity contribution < 1.29 is 15.0 Å². The molecule has 1 aromatic carbocycles. The van der Waals surface area contributed by atoms with Crippen molar-refractivity contribution in [3.05, 3.63) is 23.8 Å². The van der Waals surface area contributed by atoms with E-state index in [1.54, 1.807) is 4.90 Å². The van der Waals surface area contributed by atoms with Gasteiger partial charge in [-0.2, -0.15) is 0 Å². The molecule has 0 aliphatic carbocycles. The molecule has 1 fully saturated rings. The van der Waals surface area contributed by atoms with Crippen LogP contribution in [0.15, 0.2) is 18.2 Å². The van der Waals surface area contributed by atoms with Crippen molar-refractivity contribution in [2.75, 3.05) is 13.1 Å². The number of likely N-dealkylation sites (tertiary alicyclic amines) is 1. The highest BCUT2D eigenvalue weighted by molar-refractivity contribution is 5.97. The van der Waals surface area contributed by atoms with Crippen molar-refractivity contribution in [3.63, 3.8) is 0 Å². The zero-order valence-electron chi connectivity index (χ0n) is 9.89. The summed E-state index contributed by atoms with van der Waals surface area (Å²) in [5.74, 6) is 0.221. The van der Waals surface area contributed by atoms with Crippen LogP contribution in [0.1, 0.15) is 30.1 Å². The lowest BCUT2D eigenvalue weighted by Crippen LogP contribution is -2.28. The van der Waals surface area contributed by atoms with Gasteiger partial charge < -0.3 is 15.1 Å². The topological polar surface area (TPSA) is 60.8 Å². The van der Waals surface area contributed by atoms with Crippen LogP contribution in [-0.4, -0.2) is 34.1 Å². The molecule has 0 spiro atoms. The predicted octanol–water partition coefficient (Wildman–Crippen LogP) is 1.97. The van der Waals surface area contributed by atoms with Gasteiger partial charge in [0.25, 0.3) is 5.91 Å². The monoisotopic (exact) mass is 235 g/mol. The summed E-state index contributed by atoms with van der Waals surface area (Å²) in [4.78, 5) is 13.9. The van der Waals surface area contributed by atoms with E-state index in [1.807, 2.05) is 0 Å². The molecule has 92 valence electrons. The van der Waals surface area contributed by atoms with Crippen LogP contribution in [-0.2, 0) is 0 Å². The lowest BCUT2D eigenvalue weighted by molar-refractivity contribution is 0.0784. The smallest absolute Gasteiger partial charge is 0.257 e. The fourth-order valence-electron chi connectivity index (χ4n) is 2.22. The number of carbonyl (C=O) groups is 1. The number of phenolic OH excluding ortho intramolecular Hbond substituents is 2. The Bertz CT molecular complexity index is 431. The average Bonchev–Trinajstić information content (AvgIpc) is 2.76. The van der Waals surface area contributed by atoms with Gasteiger partial charge in [-0.15, -0.1) is 0 Å². The number of rotatable bonds is 2. The Kier molecular flexibility index (Phi) is 3.22. The maximum atomic E-state index is 12.1. The first kappa shape index (κ1) is 11.8. The van der Waals surface area contributed by atoms with Gasteiger partial charge in [-0.05, 0) is 24.5 Å². The molecule has 1 aliphatic rings. The molecule has 0 aromatic heterocycles. The second-order valence-electron chi connectivity index (χ2n) is 4.52. The Labute approximate surface area is 100 Å². The number of hydrogen-bond acceptors (Lipinski definition) is 3. The lowest BCUT2D eigenvalue weighted by atomic mass is 10.1. The first-order valence-corrected chi connectivity index (χ1v) is 5.93. The van der Waals surface area contributed by atoms with E-state index >= 15 is 0 Å². The first-order valence-electron chi connectivity index (χ1n) is 5.93. The van der Waals surface area contributed by atoms with Gasteiger partial charge >= 0.3 is 0 Å². The maximum Gasteiger partial charge on any atom is 0.257 e. The van der Waals surface area contributed by atoms with E-state index in [2.05, 4.69) is 6.92 Å². The van der Waals surface area contributed by atoms with Crippen molar-refractivity contribution in [3.8, 4) is 11.5 Å². The van der Waals surface area contributed by atoms with Gasteiger partial charge in [-0.3, -0.25) is 4.79 Å². The number of phenols is 2. The summed E-state index contributed by atoms with van der Waals surface area (Å²) < 4.78 is 0. The molecule has 1 aromatic rings. The SMILES string of the molecule is CCC1CCN(C(=O)c2ccc(O)cc2O)C1. The molecule has 0 bridgehead atoms. The lowest BCUT2D eigenvalue weighted by Gasteiger charge is -2.17. The third kappa shape index (κ3) is 2.35. The van der Waals surface area contributed by atoms with Crippen LogP contribution < -0.4 is 0 Å². The van der Waals surface area contributed by atoms with Crippen molar-refractivity contribution >= 4 is 5.91 Å². The summed E-state index contributed by atoms with van der Waals surface area (Å²) in [6.07, 6.45) is 2.10. The Morgan fingerprint density at radius 3 is 2.82 bits per heavy atom. The highest BCUT2D eigenvalue weighted by Gasteiger charge is 2.27. The number of hydrogen-bond donors (Lipinski definition) is 2. The minimum Gasteiger partial charge on any atom is -0.508 e. The largest absolute Gasteiger partial charge is 0.508 e. The second kappa shape index (κ2) is 4.65. The van der Waals surface area contributed by atoms with Crippen LogP contribution in [0.3, 0.4) is 0 Å². The Morgan fingerprint density at radius 1 is 1.47 bits per heavy atom. The molecule has 1 amide bonds. The Balaban J connectivity index is 2.15. The van der Waals surface area contributed by atoms with E-state index < -0.39 is 0 Å². The predicted molar refractivity (Wildman–Crippen MR) is 64.1 cm³/mol. The van der Waals surface area contributed by atoms with Gasteiger partial charge in [0.05, 0.1) is 5.56 Å². The van der Waals surface area contributed by atoms with Gasteiger partial charge in [0, 0.05) is 19.2 Å². The zero-order chi connectivity index (χ0) is 12.4. The Hall–Kier alpha value is -1.71. The third-order valence-electron chi connectivity index (χ3n) is 3.36. The van der Waals surface area contributed by atoms with Crippen molar-refractivity contribution in [2.45, 2.75) is 19.8 Å². The summed E-state index contributed by atoms with van der Waals surface area (Å²) >= 11 is 0. The number of carbonyl (C=O) groups excluding carboxylic acids is 1. The molecule has 1 saturated heterocycles. The quantitative estimate of drug-likeness (QED) is 0.823. The van der Waals surface area contributed by atoms with Crippen LogP contribution in [0.2, 0.25) is 0 Å². The van der Waals surface area contributed by atoms with Crippen LogP contribution in [0.5, 0.6) is 11.5 Å². The van der Waals surface area contributed by atoms with Crippen LogP contribution in [0.25, 0.3) is 0 Å². The molecule has 4 heteroatoms. The molecule has 1 heterocycles. The fourth-order valence-corrected chi connectivity index (χ4v) is 2.22. The van der Waals surface area contributed by atoms with Crippen LogP contribution in [0, 0.1) is 5.92 Å². The molecular weight excluding hydrogens is 218 g/mol. The van der Waals surface area contributed by atoms with Gasteiger partial charge in [-0.25, -0.2) is 0 Å². The molecule has 1 atom stereocenters. The molecule has 2 N–H and O–H groups in total. The summed E-state index contributed by atoms with van der Waals surface area (Å²) in [5, 5.41) is 18.8. The molecule has 1 unspecified atom stereocenters. The molecule has 17 heavy (non-hydrogen) atoms. The zero-order valence-corrected chi connectivity index (χ0v) is 9.89. The van der Waals surface area contributed by atoms with Gasteiger partial charge in [0.2, 0.25) is 0 Å². The van der Waals surface area contributed by atoms with E-state index in [9.17, 15) is 15.0 Å². The number of amides is 1. The highest BCUT2D eigenvalue weighted by atomic mass is 16.3. The van der Waals surface area contributed by atoms with E-state index in [4.69, 9.17) is 0 Å². The summed E-state index contributed by atoms with van der Waals surface area (Å²) in [7, 11) is 0. The van der Waals surface area contributed by atoms with Crippen molar-refractivity contribution in [1.29, 1.82) is 0 Å².